The Balaban J connectivity index is 2.22. The first kappa shape index (κ1) is 8.97. The van der Waals surface area contributed by atoms with Gasteiger partial charge in [-0.15, -0.1) is 0 Å². The van der Waals surface area contributed by atoms with Gasteiger partial charge in [0.1, 0.15) is 6.29 Å². The Bertz CT molecular complexity index is 304. The Labute approximate surface area is 81.9 Å². The van der Waals surface area contributed by atoms with E-state index in [9.17, 15) is 4.79 Å². The van der Waals surface area contributed by atoms with Crippen LogP contribution in [0.15, 0.2) is 22.3 Å². The smallest absolute Gasteiger partial charge is 0.146 e. The fourth-order valence-corrected chi connectivity index (χ4v) is 2.63. The molecule has 0 amide bonds. The van der Waals surface area contributed by atoms with Crippen molar-refractivity contribution in [2.45, 2.75) is 12.8 Å². The van der Waals surface area contributed by atoms with Crippen LogP contribution < -0.4 is 0 Å². The monoisotopic (exact) mass is 198 g/mol. The van der Waals surface area contributed by atoms with E-state index in [1.54, 1.807) is 0 Å². The SMILES string of the molecule is O=CC1=CC[C@@H]2C(Cl)=C(CO)C[C@H]12. The molecule has 0 spiro atoms. The largest absolute Gasteiger partial charge is 0.392 e. The van der Waals surface area contributed by atoms with E-state index in [0.29, 0.717) is 0 Å². The van der Waals surface area contributed by atoms with Gasteiger partial charge in [-0.3, -0.25) is 4.79 Å². The van der Waals surface area contributed by atoms with Gasteiger partial charge >= 0.3 is 0 Å². The van der Waals surface area contributed by atoms with Crippen LogP contribution in [0.3, 0.4) is 0 Å². The van der Waals surface area contributed by atoms with Gasteiger partial charge in [0.15, 0.2) is 0 Å². The summed E-state index contributed by atoms with van der Waals surface area (Å²) in [5, 5.41) is 9.78. The van der Waals surface area contributed by atoms with Crippen LogP contribution in [0, 0.1) is 11.8 Å². The molecule has 2 rings (SSSR count). The zero-order valence-corrected chi connectivity index (χ0v) is 7.92. The zero-order valence-electron chi connectivity index (χ0n) is 7.16. The highest BCUT2D eigenvalue weighted by Gasteiger charge is 2.38. The summed E-state index contributed by atoms with van der Waals surface area (Å²) in [5.74, 6) is 0.510. The maximum atomic E-state index is 10.7. The Morgan fingerprint density at radius 3 is 3.00 bits per heavy atom. The van der Waals surface area contributed by atoms with E-state index in [1.165, 1.54) is 0 Å². The van der Waals surface area contributed by atoms with Crippen LogP contribution in [0.4, 0.5) is 0 Å². The highest BCUT2D eigenvalue weighted by Crippen LogP contribution is 2.48. The molecule has 2 atom stereocenters. The maximum absolute atomic E-state index is 10.7. The molecule has 0 aliphatic heterocycles. The van der Waals surface area contributed by atoms with E-state index < -0.39 is 0 Å². The third-order valence-electron chi connectivity index (χ3n) is 2.98. The summed E-state index contributed by atoms with van der Waals surface area (Å²) >= 11 is 6.07. The van der Waals surface area contributed by atoms with Gasteiger partial charge in [-0.25, -0.2) is 0 Å². The molecule has 0 aromatic heterocycles. The van der Waals surface area contributed by atoms with Crippen molar-refractivity contribution < 1.29 is 9.90 Å². The summed E-state index contributed by atoms with van der Waals surface area (Å²) in [7, 11) is 0. The molecular formula is C10H11ClO2. The van der Waals surface area contributed by atoms with E-state index in [1.807, 2.05) is 6.08 Å². The van der Waals surface area contributed by atoms with Crippen molar-refractivity contribution in [3.8, 4) is 0 Å². The minimum atomic E-state index is 0.0258. The van der Waals surface area contributed by atoms with E-state index in [0.717, 1.165) is 35.3 Å². The van der Waals surface area contributed by atoms with Crippen molar-refractivity contribution in [1.29, 1.82) is 0 Å². The van der Waals surface area contributed by atoms with Gasteiger partial charge in [0.2, 0.25) is 0 Å². The number of rotatable bonds is 2. The van der Waals surface area contributed by atoms with Gasteiger partial charge in [0.05, 0.1) is 6.61 Å². The molecule has 0 bridgehead atoms. The first-order valence-electron chi connectivity index (χ1n) is 4.41. The fourth-order valence-electron chi connectivity index (χ4n) is 2.25. The number of halogens is 1. The van der Waals surface area contributed by atoms with Crippen LogP contribution >= 0.6 is 11.6 Å². The normalized spacial score (nSPS) is 32.0. The highest BCUT2D eigenvalue weighted by atomic mass is 35.5. The number of fused-ring (bicyclic) bond motifs is 1. The molecule has 2 aliphatic carbocycles. The third kappa shape index (κ3) is 1.25. The third-order valence-corrected chi connectivity index (χ3v) is 3.53. The first-order chi connectivity index (χ1) is 6.27. The second kappa shape index (κ2) is 3.28. The number of carbonyl (C=O) groups excluding carboxylic acids is 1. The summed E-state index contributed by atoms with van der Waals surface area (Å²) in [5.41, 5.74) is 1.76. The molecule has 70 valence electrons. The van der Waals surface area contributed by atoms with E-state index >= 15 is 0 Å². The minimum Gasteiger partial charge on any atom is -0.392 e. The van der Waals surface area contributed by atoms with E-state index in [2.05, 4.69) is 0 Å². The summed E-state index contributed by atoms with van der Waals surface area (Å²) in [6, 6.07) is 0. The van der Waals surface area contributed by atoms with Crippen molar-refractivity contribution in [1.82, 2.24) is 0 Å². The molecule has 2 nitrogen and oxygen atoms in total. The van der Waals surface area contributed by atoms with Crippen LogP contribution in [-0.4, -0.2) is 18.0 Å². The lowest BCUT2D eigenvalue weighted by Crippen LogP contribution is -2.06. The Kier molecular flexibility index (Phi) is 2.26. The second-order valence-corrected chi connectivity index (χ2v) is 3.99. The lowest BCUT2D eigenvalue weighted by molar-refractivity contribution is -0.105. The van der Waals surface area contributed by atoms with Gasteiger partial charge in [0, 0.05) is 11.0 Å². The number of allylic oxidation sites excluding steroid dienone is 3. The molecule has 2 aliphatic rings. The number of aldehydes is 1. The quantitative estimate of drug-likeness (QED) is 0.685. The number of hydrogen-bond donors (Lipinski definition) is 1. The summed E-state index contributed by atoms with van der Waals surface area (Å²) in [4.78, 5) is 10.7. The van der Waals surface area contributed by atoms with Crippen molar-refractivity contribution >= 4 is 17.9 Å². The predicted molar refractivity (Wildman–Crippen MR) is 50.3 cm³/mol. The molecule has 3 heteroatoms. The van der Waals surface area contributed by atoms with Crippen molar-refractivity contribution in [3.05, 3.63) is 22.3 Å². The van der Waals surface area contributed by atoms with Crippen LogP contribution in [0.1, 0.15) is 12.8 Å². The predicted octanol–water partition coefficient (Wildman–Crippen LogP) is 1.64. The number of hydrogen-bond acceptors (Lipinski definition) is 2. The number of aliphatic hydroxyl groups is 1. The fraction of sp³-hybridized carbons (Fsp3) is 0.500. The summed E-state index contributed by atoms with van der Waals surface area (Å²) < 4.78 is 0. The van der Waals surface area contributed by atoms with E-state index in [4.69, 9.17) is 16.7 Å². The van der Waals surface area contributed by atoms with Crippen LogP contribution in [-0.2, 0) is 4.79 Å². The number of carbonyl (C=O) groups is 1. The van der Waals surface area contributed by atoms with Gasteiger partial charge in [-0.2, -0.15) is 0 Å². The molecule has 0 aromatic rings. The van der Waals surface area contributed by atoms with Crippen molar-refractivity contribution in [2.24, 2.45) is 11.8 Å². The standard InChI is InChI=1S/C10H11ClO2/c11-10-7(5-13)3-9-6(4-12)1-2-8(9)10/h1,4,8-9,13H,2-3,5H2/t8-,9+/m0/s1. The molecular weight excluding hydrogens is 188 g/mol. The first-order valence-corrected chi connectivity index (χ1v) is 4.79. The Morgan fingerprint density at radius 2 is 2.38 bits per heavy atom. The number of aliphatic hydroxyl groups excluding tert-OH is 1. The summed E-state index contributed by atoms with van der Waals surface area (Å²) in [6.45, 7) is 0.0258. The molecule has 1 N–H and O–H groups in total. The zero-order chi connectivity index (χ0) is 9.42. The van der Waals surface area contributed by atoms with Crippen LogP contribution in [0.25, 0.3) is 0 Å². The average molecular weight is 199 g/mol. The van der Waals surface area contributed by atoms with Crippen LogP contribution in [0.5, 0.6) is 0 Å². The second-order valence-electron chi connectivity index (χ2n) is 3.58. The van der Waals surface area contributed by atoms with Gasteiger partial charge in [0.25, 0.3) is 0 Å². The van der Waals surface area contributed by atoms with Crippen LogP contribution in [0.2, 0.25) is 0 Å². The topological polar surface area (TPSA) is 37.3 Å². The molecule has 0 heterocycles. The molecule has 0 unspecified atom stereocenters. The molecule has 0 saturated heterocycles. The molecule has 13 heavy (non-hydrogen) atoms. The van der Waals surface area contributed by atoms with Gasteiger partial charge in [-0.05, 0) is 29.9 Å². The van der Waals surface area contributed by atoms with Crippen molar-refractivity contribution in [3.63, 3.8) is 0 Å². The molecule has 0 fully saturated rings. The summed E-state index contributed by atoms with van der Waals surface area (Å²) in [6.07, 6.45) is 4.47. The lowest BCUT2D eigenvalue weighted by atomic mass is 9.94. The van der Waals surface area contributed by atoms with E-state index in [-0.39, 0.29) is 18.4 Å². The Morgan fingerprint density at radius 1 is 1.62 bits per heavy atom. The molecule has 0 radical (unpaired) electrons. The lowest BCUT2D eigenvalue weighted by Gasteiger charge is -2.10. The minimum absolute atomic E-state index is 0.0258. The van der Waals surface area contributed by atoms with Crippen molar-refractivity contribution in [2.75, 3.05) is 6.61 Å². The van der Waals surface area contributed by atoms with Gasteiger partial charge in [-0.1, -0.05) is 17.7 Å². The highest BCUT2D eigenvalue weighted by molar-refractivity contribution is 6.30. The van der Waals surface area contributed by atoms with Gasteiger partial charge < -0.3 is 5.11 Å². The maximum Gasteiger partial charge on any atom is 0.146 e. The Hall–Kier alpha value is -0.600. The molecule has 0 saturated carbocycles. The average Bonchev–Trinajstić information content (AvgIpc) is 2.66. The molecule has 0 aromatic carbocycles.